The Hall–Kier alpha value is -2.28. The molecule has 0 saturated heterocycles. The van der Waals surface area contributed by atoms with Gasteiger partial charge in [0.2, 0.25) is 0 Å². The van der Waals surface area contributed by atoms with E-state index in [-0.39, 0.29) is 0 Å². The maximum atomic E-state index is 3.17. The minimum absolute atomic E-state index is 1.19. The third-order valence-corrected chi connectivity index (χ3v) is 3.00. The molecule has 0 aromatic heterocycles. The summed E-state index contributed by atoms with van der Waals surface area (Å²) in [7, 11) is 1.95. The first-order valence-corrected chi connectivity index (χ1v) is 6.48. The smallest absolute Gasteiger partial charge is 0.0417 e. The van der Waals surface area contributed by atoms with Gasteiger partial charge in [-0.15, -0.1) is 0 Å². The fraction of sp³-hybridized carbons (Fsp3) is 0.111. The number of benzene rings is 3. The zero-order valence-corrected chi connectivity index (χ0v) is 11.4. The number of hydrogen-bond acceptors (Lipinski definition) is 1. The van der Waals surface area contributed by atoms with Gasteiger partial charge < -0.3 is 5.32 Å². The summed E-state index contributed by atoms with van der Waals surface area (Å²) in [6.45, 7) is 2.08. The highest BCUT2D eigenvalue weighted by atomic mass is 14.8. The van der Waals surface area contributed by atoms with E-state index in [0.29, 0.717) is 0 Å². The molecule has 96 valence electrons. The lowest BCUT2D eigenvalue weighted by Gasteiger charge is -2.04. The van der Waals surface area contributed by atoms with Crippen LogP contribution < -0.4 is 5.32 Å². The van der Waals surface area contributed by atoms with Crippen molar-refractivity contribution in [2.75, 3.05) is 12.4 Å². The molecular formula is C18H19N. The Labute approximate surface area is 114 Å². The molecule has 0 aliphatic carbocycles. The lowest BCUT2D eigenvalue weighted by molar-refractivity contribution is 1.48. The van der Waals surface area contributed by atoms with E-state index in [0.717, 1.165) is 0 Å². The van der Waals surface area contributed by atoms with Crippen molar-refractivity contribution in [2.24, 2.45) is 0 Å². The normalized spacial score (nSPS) is 9.58. The summed E-state index contributed by atoms with van der Waals surface area (Å²) < 4.78 is 0. The van der Waals surface area contributed by atoms with E-state index in [4.69, 9.17) is 0 Å². The van der Waals surface area contributed by atoms with Crippen molar-refractivity contribution < 1.29 is 0 Å². The van der Waals surface area contributed by atoms with Crippen LogP contribution in [0.15, 0.2) is 72.8 Å². The minimum atomic E-state index is 1.19. The number of aryl methyl sites for hydroxylation is 1. The molecular weight excluding hydrogens is 230 g/mol. The first kappa shape index (κ1) is 13.2. The van der Waals surface area contributed by atoms with E-state index in [2.05, 4.69) is 66.8 Å². The molecule has 0 aliphatic rings. The molecule has 1 nitrogen and oxygen atoms in total. The second-order valence-corrected chi connectivity index (χ2v) is 4.43. The monoisotopic (exact) mass is 249 g/mol. The topological polar surface area (TPSA) is 12.0 Å². The van der Waals surface area contributed by atoms with Crippen LogP contribution in [-0.2, 0) is 0 Å². The molecule has 0 aliphatic heterocycles. The van der Waals surface area contributed by atoms with Crippen LogP contribution in [0.2, 0.25) is 0 Å². The number of anilines is 1. The van der Waals surface area contributed by atoms with Gasteiger partial charge >= 0.3 is 0 Å². The molecule has 0 amide bonds. The highest BCUT2D eigenvalue weighted by Gasteiger charge is 1.95. The van der Waals surface area contributed by atoms with Gasteiger partial charge in [-0.1, -0.05) is 72.3 Å². The summed E-state index contributed by atoms with van der Waals surface area (Å²) in [6, 6.07) is 24.9. The molecule has 0 saturated carbocycles. The zero-order valence-electron chi connectivity index (χ0n) is 11.4. The first-order valence-electron chi connectivity index (χ1n) is 6.48. The van der Waals surface area contributed by atoms with Gasteiger partial charge in [0.15, 0.2) is 0 Å². The SMILES string of the molecule is CNc1cccc2ccccc12.Cc1ccccc1. The maximum Gasteiger partial charge on any atom is 0.0417 e. The first-order chi connectivity index (χ1) is 9.31. The van der Waals surface area contributed by atoms with Gasteiger partial charge in [0.1, 0.15) is 0 Å². The fourth-order valence-electron chi connectivity index (χ4n) is 1.98. The molecule has 0 bridgehead atoms. The number of nitrogens with one attached hydrogen (secondary N) is 1. The van der Waals surface area contributed by atoms with Crippen molar-refractivity contribution in [3.05, 3.63) is 78.4 Å². The quantitative estimate of drug-likeness (QED) is 0.648. The van der Waals surface area contributed by atoms with Crippen molar-refractivity contribution in [3.8, 4) is 0 Å². The van der Waals surface area contributed by atoms with Crippen LogP contribution in [0.1, 0.15) is 5.56 Å². The van der Waals surface area contributed by atoms with Gasteiger partial charge in [-0.3, -0.25) is 0 Å². The Bertz CT molecular complexity index is 624. The van der Waals surface area contributed by atoms with E-state index >= 15 is 0 Å². The lowest BCUT2D eigenvalue weighted by Crippen LogP contribution is -1.88. The molecule has 0 heterocycles. The summed E-state index contributed by atoms with van der Waals surface area (Å²) in [6.07, 6.45) is 0. The maximum absolute atomic E-state index is 3.17. The summed E-state index contributed by atoms with van der Waals surface area (Å²) >= 11 is 0. The Balaban J connectivity index is 0.000000163. The summed E-state index contributed by atoms with van der Waals surface area (Å²) in [5, 5.41) is 5.73. The van der Waals surface area contributed by atoms with Gasteiger partial charge in [0.25, 0.3) is 0 Å². The average molecular weight is 249 g/mol. The second-order valence-electron chi connectivity index (χ2n) is 4.43. The third kappa shape index (κ3) is 3.59. The largest absolute Gasteiger partial charge is 0.388 e. The number of fused-ring (bicyclic) bond motifs is 1. The Morgan fingerprint density at radius 1 is 0.684 bits per heavy atom. The van der Waals surface area contributed by atoms with Crippen molar-refractivity contribution in [2.45, 2.75) is 6.92 Å². The van der Waals surface area contributed by atoms with Gasteiger partial charge in [0.05, 0.1) is 0 Å². The van der Waals surface area contributed by atoms with E-state index in [1.807, 2.05) is 25.2 Å². The van der Waals surface area contributed by atoms with E-state index < -0.39 is 0 Å². The van der Waals surface area contributed by atoms with Crippen LogP contribution in [0.3, 0.4) is 0 Å². The van der Waals surface area contributed by atoms with Crippen LogP contribution in [0, 0.1) is 6.92 Å². The number of hydrogen-bond donors (Lipinski definition) is 1. The van der Waals surface area contributed by atoms with Crippen LogP contribution in [0.25, 0.3) is 10.8 Å². The third-order valence-electron chi connectivity index (χ3n) is 3.00. The molecule has 1 N–H and O–H groups in total. The van der Waals surface area contributed by atoms with Crippen LogP contribution in [-0.4, -0.2) is 7.05 Å². The van der Waals surface area contributed by atoms with Crippen LogP contribution in [0.5, 0.6) is 0 Å². The zero-order chi connectivity index (χ0) is 13.5. The van der Waals surface area contributed by atoms with E-state index in [9.17, 15) is 0 Å². The number of rotatable bonds is 1. The van der Waals surface area contributed by atoms with Gasteiger partial charge in [-0.05, 0) is 18.4 Å². The lowest BCUT2D eigenvalue weighted by atomic mass is 10.1. The summed E-state index contributed by atoms with van der Waals surface area (Å²) in [5.74, 6) is 0. The molecule has 3 aromatic rings. The summed E-state index contributed by atoms with van der Waals surface area (Å²) in [5.41, 5.74) is 2.51. The van der Waals surface area contributed by atoms with Crippen molar-refractivity contribution >= 4 is 16.5 Å². The Kier molecular flexibility index (Phi) is 4.57. The van der Waals surface area contributed by atoms with Crippen LogP contribution in [0.4, 0.5) is 5.69 Å². The molecule has 19 heavy (non-hydrogen) atoms. The highest BCUT2D eigenvalue weighted by Crippen LogP contribution is 2.21. The van der Waals surface area contributed by atoms with Gasteiger partial charge in [0, 0.05) is 18.1 Å². The fourth-order valence-corrected chi connectivity index (χ4v) is 1.98. The van der Waals surface area contributed by atoms with Gasteiger partial charge in [-0.2, -0.15) is 0 Å². The molecule has 0 atom stereocenters. The predicted octanol–water partition coefficient (Wildman–Crippen LogP) is 4.88. The standard InChI is InChI=1S/C11H11N.C7H8/c1-12-11-8-4-6-9-5-2-3-7-10(9)11;1-7-5-3-2-4-6-7/h2-8,12H,1H3;2-6H,1H3. The van der Waals surface area contributed by atoms with E-state index in [1.165, 1.54) is 22.0 Å². The molecule has 0 spiro atoms. The average Bonchev–Trinajstić information content (AvgIpc) is 2.48. The molecule has 0 radical (unpaired) electrons. The highest BCUT2D eigenvalue weighted by molar-refractivity contribution is 5.93. The van der Waals surface area contributed by atoms with Gasteiger partial charge in [-0.25, -0.2) is 0 Å². The molecule has 1 heteroatoms. The van der Waals surface area contributed by atoms with E-state index in [1.54, 1.807) is 0 Å². The molecule has 0 unspecified atom stereocenters. The Morgan fingerprint density at radius 3 is 1.95 bits per heavy atom. The predicted molar refractivity (Wildman–Crippen MR) is 84.7 cm³/mol. The molecule has 0 fully saturated rings. The molecule has 3 rings (SSSR count). The van der Waals surface area contributed by atoms with Crippen molar-refractivity contribution in [1.29, 1.82) is 0 Å². The Morgan fingerprint density at radius 2 is 1.32 bits per heavy atom. The van der Waals surface area contributed by atoms with Crippen LogP contribution >= 0.6 is 0 Å². The van der Waals surface area contributed by atoms with Crippen molar-refractivity contribution in [1.82, 2.24) is 0 Å². The molecule has 3 aromatic carbocycles. The summed E-state index contributed by atoms with van der Waals surface area (Å²) in [4.78, 5) is 0. The second kappa shape index (κ2) is 6.60. The van der Waals surface area contributed by atoms with Crippen molar-refractivity contribution in [3.63, 3.8) is 0 Å². The minimum Gasteiger partial charge on any atom is -0.388 e.